The topological polar surface area (TPSA) is 13.1 Å². The Morgan fingerprint density at radius 1 is 0.565 bits per heavy atom. The Hall–Kier alpha value is -2.54. The van der Waals surface area contributed by atoms with Crippen molar-refractivity contribution in [3.8, 4) is 11.1 Å². The maximum Gasteiger partial charge on any atom is 0.136 e. The van der Waals surface area contributed by atoms with Gasteiger partial charge < -0.3 is 4.42 Å². The molecular formula is C22H24O. The predicted molar refractivity (Wildman–Crippen MR) is 102 cm³/mol. The third-order valence-electron chi connectivity index (χ3n) is 3.49. The summed E-state index contributed by atoms with van der Waals surface area (Å²) in [6, 6.07) is 24.9. The quantitative estimate of drug-likeness (QED) is 0.359. The van der Waals surface area contributed by atoms with Crippen LogP contribution in [0.25, 0.3) is 33.1 Å². The summed E-state index contributed by atoms with van der Waals surface area (Å²) in [4.78, 5) is 0. The van der Waals surface area contributed by atoms with Gasteiger partial charge in [0.05, 0.1) is 0 Å². The van der Waals surface area contributed by atoms with Gasteiger partial charge in [-0.05, 0) is 23.3 Å². The lowest BCUT2D eigenvalue weighted by Crippen LogP contribution is -1.78. The van der Waals surface area contributed by atoms with Crippen LogP contribution < -0.4 is 0 Å². The number of rotatable bonds is 1. The summed E-state index contributed by atoms with van der Waals surface area (Å²) in [6.45, 7) is 8.00. The Morgan fingerprint density at radius 3 is 1.91 bits per heavy atom. The van der Waals surface area contributed by atoms with Gasteiger partial charge in [0.25, 0.3) is 0 Å². The highest BCUT2D eigenvalue weighted by atomic mass is 16.3. The molecule has 0 amide bonds. The molecule has 0 atom stereocenters. The minimum absolute atomic E-state index is 0.945. The number of furan rings is 1. The molecule has 0 aliphatic rings. The van der Waals surface area contributed by atoms with E-state index in [-0.39, 0.29) is 0 Å². The molecular weight excluding hydrogens is 280 g/mol. The van der Waals surface area contributed by atoms with Crippen LogP contribution >= 0.6 is 0 Å². The van der Waals surface area contributed by atoms with Crippen molar-refractivity contribution < 1.29 is 4.42 Å². The predicted octanol–water partition coefficient (Wildman–Crippen LogP) is 7.31. The Morgan fingerprint density at radius 2 is 1.17 bits per heavy atom. The van der Waals surface area contributed by atoms with E-state index >= 15 is 0 Å². The molecule has 3 aromatic carbocycles. The summed E-state index contributed by atoms with van der Waals surface area (Å²) in [5.74, 6) is 0. The van der Waals surface area contributed by atoms with Crippen molar-refractivity contribution in [2.45, 2.75) is 27.7 Å². The second-order valence-corrected chi connectivity index (χ2v) is 4.64. The van der Waals surface area contributed by atoms with Crippen molar-refractivity contribution in [2.75, 3.05) is 0 Å². The van der Waals surface area contributed by atoms with Crippen LogP contribution in [0.1, 0.15) is 27.7 Å². The molecule has 1 aromatic heterocycles. The van der Waals surface area contributed by atoms with Crippen molar-refractivity contribution >= 4 is 21.9 Å². The summed E-state index contributed by atoms with van der Waals surface area (Å²) in [5.41, 5.74) is 4.34. The third kappa shape index (κ3) is 3.29. The van der Waals surface area contributed by atoms with Crippen molar-refractivity contribution in [3.63, 3.8) is 0 Å². The fraction of sp³-hybridized carbons (Fsp3) is 0.182. The van der Waals surface area contributed by atoms with Gasteiger partial charge in [-0.15, -0.1) is 0 Å². The van der Waals surface area contributed by atoms with Gasteiger partial charge in [0, 0.05) is 10.8 Å². The van der Waals surface area contributed by atoms with E-state index in [9.17, 15) is 0 Å². The van der Waals surface area contributed by atoms with E-state index in [1.54, 1.807) is 0 Å². The van der Waals surface area contributed by atoms with Crippen LogP contribution in [0, 0.1) is 0 Å². The number of hydrogen-bond acceptors (Lipinski definition) is 1. The molecule has 0 unspecified atom stereocenters. The standard InChI is InChI=1S/C18H12O.2C2H6/c1-2-7-13(8-3-1)14-10-6-12-17-18(14)15-9-4-5-11-16(15)19-17;2*1-2/h1-12H;2*1-2H3. The van der Waals surface area contributed by atoms with Crippen LogP contribution in [0.5, 0.6) is 0 Å². The molecule has 0 aliphatic carbocycles. The molecule has 118 valence electrons. The van der Waals surface area contributed by atoms with Crippen molar-refractivity contribution in [3.05, 3.63) is 72.8 Å². The Kier molecular flexibility index (Phi) is 5.99. The maximum absolute atomic E-state index is 5.91. The second-order valence-electron chi connectivity index (χ2n) is 4.64. The number of para-hydroxylation sites is 1. The van der Waals surface area contributed by atoms with Crippen LogP contribution in [-0.2, 0) is 0 Å². The van der Waals surface area contributed by atoms with E-state index in [1.165, 1.54) is 21.9 Å². The van der Waals surface area contributed by atoms with Gasteiger partial charge in [0.15, 0.2) is 0 Å². The van der Waals surface area contributed by atoms with Crippen LogP contribution in [0.2, 0.25) is 0 Å². The fourth-order valence-electron chi connectivity index (χ4n) is 2.63. The van der Waals surface area contributed by atoms with Gasteiger partial charge in [0.1, 0.15) is 11.2 Å². The zero-order valence-electron chi connectivity index (χ0n) is 14.3. The highest BCUT2D eigenvalue weighted by Gasteiger charge is 2.11. The summed E-state index contributed by atoms with van der Waals surface area (Å²) >= 11 is 0. The van der Waals surface area contributed by atoms with Crippen molar-refractivity contribution in [1.82, 2.24) is 0 Å². The molecule has 0 saturated heterocycles. The molecule has 0 fully saturated rings. The minimum atomic E-state index is 0.945. The lowest BCUT2D eigenvalue weighted by atomic mass is 10.00. The van der Waals surface area contributed by atoms with Crippen LogP contribution in [0.4, 0.5) is 0 Å². The monoisotopic (exact) mass is 304 g/mol. The molecule has 4 aromatic rings. The Balaban J connectivity index is 0.000000448. The van der Waals surface area contributed by atoms with E-state index in [2.05, 4.69) is 42.5 Å². The molecule has 0 spiro atoms. The summed E-state index contributed by atoms with van der Waals surface area (Å²) < 4.78 is 5.91. The molecule has 1 heteroatoms. The largest absolute Gasteiger partial charge is 0.456 e. The van der Waals surface area contributed by atoms with E-state index in [4.69, 9.17) is 4.42 Å². The maximum atomic E-state index is 5.91. The SMILES string of the molecule is CC.CC.c1ccc(-c2cccc3oc4ccccc4c23)cc1. The molecule has 1 nitrogen and oxygen atoms in total. The number of benzene rings is 3. The first-order valence-corrected chi connectivity index (χ1v) is 8.39. The summed E-state index contributed by atoms with van der Waals surface area (Å²) in [5, 5.41) is 2.38. The van der Waals surface area contributed by atoms with Crippen molar-refractivity contribution in [2.24, 2.45) is 0 Å². The zero-order valence-corrected chi connectivity index (χ0v) is 14.3. The molecule has 0 saturated carbocycles. The molecule has 0 radical (unpaired) electrons. The first-order valence-electron chi connectivity index (χ1n) is 8.39. The van der Waals surface area contributed by atoms with Gasteiger partial charge in [-0.1, -0.05) is 88.4 Å². The summed E-state index contributed by atoms with van der Waals surface area (Å²) in [7, 11) is 0. The molecule has 4 rings (SSSR count). The third-order valence-corrected chi connectivity index (χ3v) is 3.49. The molecule has 0 aliphatic heterocycles. The van der Waals surface area contributed by atoms with E-state index < -0.39 is 0 Å². The molecule has 0 bridgehead atoms. The number of hydrogen-bond donors (Lipinski definition) is 0. The Bertz CT molecular complexity index is 857. The van der Waals surface area contributed by atoms with Gasteiger partial charge in [0.2, 0.25) is 0 Å². The zero-order chi connectivity index (χ0) is 16.7. The smallest absolute Gasteiger partial charge is 0.136 e. The molecule has 1 heterocycles. The first kappa shape index (κ1) is 16.8. The van der Waals surface area contributed by atoms with Gasteiger partial charge in [-0.3, -0.25) is 0 Å². The van der Waals surface area contributed by atoms with E-state index in [0.29, 0.717) is 0 Å². The molecule has 23 heavy (non-hydrogen) atoms. The average Bonchev–Trinajstić information content (AvgIpc) is 3.04. The normalized spacial score (nSPS) is 9.74. The second kappa shape index (κ2) is 8.19. The first-order chi connectivity index (χ1) is 11.4. The van der Waals surface area contributed by atoms with E-state index in [1.807, 2.05) is 58.0 Å². The number of fused-ring (bicyclic) bond motifs is 3. The van der Waals surface area contributed by atoms with Crippen LogP contribution in [-0.4, -0.2) is 0 Å². The van der Waals surface area contributed by atoms with Crippen LogP contribution in [0.3, 0.4) is 0 Å². The Labute approximate surface area is 138 Å². The lowest BCUT2D eigenvalue weighted by Gasteiger charge is -2.03. The summed E-state index contributed by atoms with van der Waals surface area (Å²) in [6.07, 6.45) is 0. The fourth-order valence-corrected chi connectivity index (χ4v) is 2.63. The van der Waals surface area contributed by atoms with Gasteiger partial charge >= 0.3 is 0 Å². The van der Waals surface area contributed by atoms with Gasteiger partial charge in [-0.25, -0.2) is 0 Å². The lowest BCUT2D eigenvalue weighted by molar-refractivity contribution is 0.669. The minimum Gasteiger partial charge on any atom is -0.456 e. The average molecular weight is 304 g/mol. The van der Waals surface area contributed by atoms with E-state index in [0.717, 1.165) is 11.2 Å². The van der Waals surface area contributed by atoms with Crippen LogP contribution in [0.15, 0.2) is 77.2 Å². The highest BCUT2D eigenvalue weighted by molar-refractivity contribution is 6.12. The highest BCUT2D eigenvalue weighted by Crippen LogP contribution is 2.36. The molecule has 0 N–H and O–H groups in total. The van der Waals surface area contributed by atoms with Crippen molar-refractivity contribution in [1.29, 1.82) is 0 Å². The van der Waals surface area contributed by atoms with Gasteiger partial charge in [-0.2, -0.15) is 0 Å².